The highest BCUT2D eigenvalue weighted by Crippen LogP contribution is 2.39. The second kappa shape index (κ2) is 6.37. The molecule has 0 amide bonds. The van der Waals surface area contributed by atoms with Crippen LogP contribution in [0.4, 0.5) is 13.2 Å². The summed E-state index contributed by atoms with van der Waals surface area (Å²) in [6, 6.07) is 10.3. The van der Waals surface area contributed by atoms with E-state index in [-0.39, 0.29) is 5.75 Å². The van der Waals surface area contributed by atoms with E-state index in [1.807, 2.05) is 26.0 Å². The molecule has 0 unspecified atom stereocenters. The van der Waals surface area contributed by atoms with Crippen LogP contribution in [0.1, 0.15) is 30.0 Å². The number of halogens is 4. The van der Waals surface area contributed by atoms with Crippen LogP contribution in [0.3, 0.4) is 0 Å². The molecule has 1 aliphatic heterocycles. The molecular weight excluding hydrogens is 399 g/mol. The van der Waals surface area contributed by atoms with Crippen LogP contribution in [0, 0.1) is 6.92 Å². The summed E-state index contributed by atoms with van der Waals surface area (Å²) in [5.41, 5.74) is 0.251. The van der Waals surface area contributed by atoms with Crippen molar-refractivity contribution in [1.82, 2.24) is 0 Å². The molecule has 0 saturated carbocycles. The standard InChI is InChI=1S/C18H15BrF3NO2/c1-11-6-7-12(17(2)10-16(19)23-25-17)9-15(11)24-14-5-3-4-13(8-14)18(20,21)22/h3-9H,10H2,1-2H3/t17-/m0/s1. The van der Waals surface area contributed by atoms with Gasteiger partial charge in [-0.05, 0) is 59.6 Å². The second-order valence-corrected chi connectivity index (χ2v) is 6.99. The summed E-state index contributed by atoms with van der Waals surface area (Å²) in [6.07, 6.45) is -3.84. The fourth-order valence-electron chi connectivity index (χ4n) is 2.55. The molecule has 1 atom stereocenters. The van der Waals surface area contributed by atoms with E-state index < -0.39 is 17.3 Å². The number of aryl methyl sites for hydroxylation is 1. The molecule has 3 rings (SSSR count). The number of hydrogen-bond donors (Lipinski definition) is 0. The summed E-state index contributed by atoms with van der Waals surface area (Å²) in [7, 11) is 0. The molecule has 1 heterocycles. The van der Waals surface area contributed by atoms with Gasteiger partial charge in [-0.25, -0.2) is 0 Å². The number of ether oxygens (including phenoxy) is 1. The van der Waals surface area contributed by atoms with Crippen LogP contribution in [-0.4, -0.2) is 4.62 Å². The average molecular weight is 414 g/mol. The molecule has 0 aromatic heterocycles. The molecule has 0 saturated heterocycles. The van der Waals surface area contributed by atoms with E-state index in [1.165, 1.54) is 12.1 Å². The highest BCUT2D eigenvalue weighted by Gasteiger charge is 2.36. The lowest BCUT2D eigenvalue weighted by atomic mass is 9.92. The van der Waals surface area contributed by atoms with Gasteiger partial charge in [0.15, 0.2) is 5.60 Å². The fourth-order valence-corrected chi connectivity index (χ4v) is 3.16. The van der Waals surface area contributed by atoms with Crippen LogP contribution < -0.4 is 4.74 Å². The van der Waals surface area contributed by atoms with Crippen molar-refractivity contribution < 1.29 is 22.7 Å². The Morgan fingerprint density at radius 3 is 2.60 bits per heavy atom. The molecule has 0 aliphatic carbocycles. The van der Waals surface area contributed by atoms with Gasteiger partial charge >= 0.3 is 6.18 Å². The zero-order valence-corrected chi connectivity index (χ0v) is 15.1. The first-order valence-electron chi connectivity index (χ1n) is 7.54. The van der Waals surface area contributed by atoms with Crippen molar-refractivity contribution >= 4 is 20.6 Å². The number of oxime groups is 1. The van der Waals surface area contributed by atoms with Gasteiger partial charge in [-0.2, -0.15) is 13.2 Å². The monoisotopic (exact) mass is 413 g/mol. The van der Waals surface area contributed by atoms with E-state index in [9.17, 15) is 13.2 Å². The zero-order chi connectivity index (χ0) is 18.2. The summed E-state index contributed by atoms with van der Waals surface area (Å²) in [4.78, 5) is 5.48. The first-order chi connectivity index (χ1) is 11.7. The van der Waals surface area contributed by atoms with Gasteiger partial charge < -0.3 is 9.57 Å². The van der Waals surface area contributed by atoms with Crippen LogP contribution in [0.15, 0.2) is 47.6 Å². The lowest BCUT2D eigenvalue weighted by Crippen LogP contribution is -2.21. The maximum Gasteiger partial charge on any atom is 0.416 e. The lowest BCUT2D eigenvalue weighted by Gasteiger charge is -2.23. The van der Waals surface area contributed by atoms with E-state index in [4.69, 9.17) is 9.57 Å². The maximum absolute atomic E-state index is 12.9. The molecular formula is C18H15BrF3NO2. The van der Waals surface area contributed by atoms with Crippen LogP contribution >= 0.6 is 15.9 Å². The Labute approximate surface area is 151 Å². The molecule has 2 aromatic rings. The van der Waals surface area contributed by atoms with Crippen molar-refractivity contribution in [2.75, 3.05) is 0 Å². The predicted molar refractivity (Wildman–Crippen MR) is 92.1 cm³/mol. The van der Waals surface area contributed by atoms with Crippen LogP contribution in [0.5, 0.6) is 11.5 Å². The molecule has 2 aromatic carbocycles. The van der Waals surface area contributed by atoms with Gasteiger partial charge in [-0.3, -0.25) is 0 Å². The summed E-state index contributed by atoms with van der Waals surface area (Å²) in [6.45, 7) is 3.72. The second-order valence-electron chi connectivity index (χ2n) is 6.07. The van der Waals surface area contributed by atoms with Crippen LogP contribution in [-0.2, 0) is 16.6 Å². The minimum absolute atomic E-state index is 0.130. The van der Waals surface area contributed by atoms with Crippen LogP contribution in [0.25, 0.3) is 0 Å². The van der Waals surface area contributed by atoms with E-state index in [1.54, 1.807) is 6.07 Å². The number of hydrogen-bond acceptors (Lipinski definition) is 3. The highest BCUT2D eigenvalue weighted by molar-refractivity contribution is 9.18. The smallest absolute Gasteiger partial charge is 0.416 e. The van der Waals surface area contributed by atoms with Crippen molar-refractivity contribution in [2.45, 2.75) is 32.0 Å². The number of rotatable bonds is 3. The quantitative estimate of drug-likeness (QED) is 0.603. The molecule has 0 fully saturated rings. The minimum Gasteiger partial charge on any atom is -0.457 e. The van der Waals surface area contributed by atoms with E-state index in [0.717, 1.165) is 23.3 Å². The Balaban J connectivity index is 1.90. The lowest BCUT2D eigenvalue weighted by molar-refractivity contribution is -0.137. The topological polar surface area (TPSA) is 30.8 Å². The average Bonchev–Trinajstić information content (AvgIpc) is 2.89. The highest BCUT2D eigenvalue weighted by atomic mass is 79.9. The summed E-state index contributed by atoms with van der Waals surface area (Å²) in [5, 5.41) is 3.91. The van der Waals surface area contributed by atoms with Gasteiger partial charge in [0.05, 0.1) is 5.56 Å². The molecule has 3 nitrogen and oxygen atoms in total. The molecule has 132 valence electrons. The fraction of sp³-hybridized carbons (Fsp3) is 0.278. The van der Waals surface area contributed by atoms with E-state index in [2.05, 4.69) is 21.1 Å². The molecule has 0 radical (unpaired) electrons. The maximum atomic E-state index is 12.9. The molecule has 25 heavy (non-hydrogen) atoms. The molecule has 0 bridgehead atoms. The normalized spacial score (nSPS) is 20.2. The summed E-state index contributed by atoms with van der Waals surface area (Å²) >= 11 is 3.31. The van der Waals surface area contributed by atoms with Crippen molar-refractivity contribution in [3.63, 3.8) is 0 Å². The third-order valence-corrected chi connectivity index (χ3v) is 4.44. The Morgan fingerprint density at radius 1 is 1.20 bits per heavy atom. The minimum atomic E-state index is -4.41. The number of nitrogens with zero attached hydrogens (tertiary/aromatic N) is 1. The Morgan fingerprint density at radius 2 is 1.96 bits per heavy atom. The van der Waals surface area contributed by atoms with Gasteiger partial charge in [0.1, 0.15) is 16.1 Å². The van der Waals surface area contributed by atoms with Gasteiger partial charge in [-0.15, -0.1) is 0 Å². The third-order valence-electron chi connectivity index (χ3n) is 4.02. The van der Waals surface area contributed by atoms with Gasteiger partial charge in [0.25, 0.3) is 0 Å². The van der Waals surface area contributed by atoms with Crippen molar-refractivity contribution in [3.8, 4) is 11.5 Å². The Bertz CT molecular complexity index is 835. The van der Waals surface area contributed by atoms with Gasteiger partial charge in [0, 0.05) is 12.0 Å². The van der Waals surface area contributed by atoms with Crippen LogP contribution in [0.2, 0.25) is 0 Å². The number of alkyl halides is 3. The Kier molecular flexibility index (Phi) is 4.53. The van der Waals surface area contributed by atoms with Gasteiger partial charge in [-0.1, -0.05) is 23.4 Å². The summed E-state index contributed by atoms with van der Waals surface area (Å²) < 4.78 is 45.0. The molecule has 0 spiro atoms. The first kappa shape index (κ1) is 17.8. The Hall–Kier alpha value is -2.02. The van der Waals surface area contributed by atoms with Crippen molar-refractivity contribution in [1.29, 1.82) is 0 Å². The zero-order valence-electron chi connectivity index (χ0n) is 13.5. The molecule has 0 N–H and O–H groups in total. The van der Waals surface area contributed by atoms with Crippen molar-refractivity contribution in [2.24, 2.45) is 5.16 Å². The predicted octanol–water partition coefficient (Wildman–Crippen LogP) is 6.15. The SMILES string of the molecule is Cc1ccc([C@]2(C)CC(Br)=NO2)cc1Oc1cccc(C(F)(F)F)c1. The third kappa shape index (κ3) is 3.81. The largest absolute Gasteiger partial charge is 0.457 e. The molecule has 1 aliphatic rings. The van der Waals surface area contributed by atoms with E-state index >= 15 is 0 Å². The van der Waals surface area contributed by atoms with Crippen molar-refractivity contribution in [3.05, 3.63) is 59.2 Å². The van der Waals surface area contributed by atoms with E-state index in [0.29, 0.717) is 16.8 Å². The first-order valence-corrected chi connectivity index (χ1v) is 8.33. The molecule has 7 heteroatoms. The van der Waals surface area contributed by atoms with Gasteiger partial charge in [0.2, 0.25) is 0 Å². The summed E-state index contributed by atoms with van der Waals surface area (Å²) in [5.74, 6) is 0.606. The number of benzene rings is 2.